The Labute approximate surface area is 123 Å². The van der Waals surface area contributed by atoms with Crippen molar-refractivity contribution in [2.24, 2.45) is 0 Å². The van der Waals surface area contributed by atoms with E-state index in [-0.39, 0.29) is 0 Å². The first-order chi connectivity index (χ1) is 9.78. The van der Waals surface area contributed by atoms with Crippen molar-refractivity contribution in [2.75, 3.05) is 36.8 Å². The summed E-state index contributed by atoms with van der Waals surface area (Å²) in [6.45, 7) is 9.04. The summed E-state index contributed by atoms with van der Waals surface area (Å²) in [6.07, 6.45) is 9.02. The second kappa shape index (κ2) is 8.10. The van der Waals surface area contributed by atoms with Crippen molar-refractivity contribution in [2.45, 2.75) is 45.6 Å². The van der Waals surface area contributed by atoms with E-state index in [1.54, 1.807) is 0 Å². The molecule has 0 aromatic carbocycles. The molecule has 1 unspecified atom stereocenters. The largest absolute Gasteiger partial charge is 0.384 e. The Balaban J connectivity index is 1.81. The minimum Gasteiger partial charge on any atom is -0.384 e. The molecular formula is C16H28N4. The van der Waals surface area contributed by atoms with Crippen LogP contribution in [0.3, 0.4) is 0 Å². The highest BCUT2D eigenvalue weighted by Crippen LogP contribution is 2.15. The van der Waals surface area contributed by atoms with Crippen LogP contribution in [0, 0.1) is 0 Å². The molecule has 1 atom stereocenters. The van der Waals surface area contributed by atoms with Gasteiger partial charge in [-0.3, -0.25) is 4.98 Å². The highest BCUT2D eigenvalue weighted by atomic mass is 15.2. The first-order valence-corrected chi connectivity index (χ1v) is 7.95. The van der Waals surface area contributed by atoms with E-state index in [2.05, 4.69) is 40.4 Å². The van der Waals surface area contributed by atoms with Crippen LogP contribution in [0.15, 0.2) is 18.5 Å². The highest BCUT2D eigenvalue weighted by molar-refractivity contribution is 5.54. The Hall–Kier alpha value is -1.29. The fourth-order valence-corrected chi connectivity index (χ4v) is 2.74. The third-order valence-electron chi connectivity index (χ3n) is 3.71. The summed E-state index contributed by atoms with van der Waals surface area (Å²) < 4.78 is 0. The number of likely N-dealkylation sites (tertiary alicyclic amines) is 1. The molecular weight excluding hydrogens is 248 g/mol. The molecule has 0 amide bonds. The number of pyridine rings is 1. The predicted octanol–water partition coefficient (Wildman–Crippen LogP) is 3.19. The molecule has 0 aliphatic carbocycles. The maximum absolute atomic E-state index is 4.30. The van der Waals surface area contributed by atoms with Crippen LogP contribution in [0.4, 0.5) is 11.4 Å². The van der Waals surface area contributed by atoms with Crippen LogP contribution in [-0.2, 0) is 0 Å². The van der Waals surface area contributed by atoms with Crippen LogP contribution in [0.25, 0.3) is 0 Å². The van der Waals surface area contributed by atoms with Crippen LogP contribution in [0.5, 0.6) is 0 Å². The third kappa shape index (κ3) is 5.00. The van der Waals surface area contributed by atoms with E-state index in [0.29, 0.717) is 6.04 Å². The Morgan fingerprint density at radius 3 is 2.70 bits per heavy atom. The normalized spacial score (nSPS) is 17.7. The number of nitrogens with one attached hydrogen (secondary N) is 2. The molecule has 0 saturated carbocycles. The first-order valence-electron chi connectivity index (χ1n) is 7.95. The molecule has 4 nitrogen and oxygen atoms in total. The topological polar surface area (TPSA) is 40.2 Å². The van der Waals surface area contributed by atoms with Gasteiger partial charge in [0.15, 0.2) is 0 Å². The van der Waals surface area contributed by atoms with Gasteiger partial charge in [0.2, 0.25) is 0 Å². The lowest BCUT2D eigenvalue weighted by atomic mass is 10.1. The Bertz CT molecular complexity index is 388. The molecule has 1 aliphatic rings. The standard InChI is InChI=1S/C16H28N4/c1-3-7-18-15-10-16(12-17-11-15)19-14(2)13-20-8-5-4-6-9-20/h10-12,14,18-19H,3-9,13H2,1-2H3. The molecule has 112 valence electrons. The summed E-state index contributed by atoms with van der Waals surface area (Å²) in [5.41, 5.74) is 2.21. The summed E-state index contributed by atoms with van der Waals surface area (Å²) in [5, 5.41) is 6.94. The lowest BCUT2D eigenvalue weighted by molar-refractivity contribution is 0.223. The zero-order valence-electron chi connectivity index (χ0n) is 12.9. The SMILES string of the molecule is CCCNc1cncc(NC(C)CN2CCCCC2)c1. The van der Waals surface area contributed by atoms with Crippen molar-refractivity contribution in [1.29, 1.82) is 0 Å². The monoisotopic (exact) mass is 276 g/mol. The lowest BCUT2D eigenvalue weighted by Crippen LogP contribution is -2.38. The van der Waals surface area contributed by atoms with Crippen molar-refractivity contribution in [1.82, 2.24) is 9.88 Å². The van der Waals surface area contributed by atoms with E-state index in [0.717, 1.165) is 30.9 Å². The molecule has 20 heavy (non-hydrogen) atoms. The minimum absolute atomic E-state index is 0.455. The first kappa shape index (κ1) is 15.1. The summed E-state index contributed by atoms with van der Waals surface area (Å²) in [6, 6.07) is 2.60. The van der Waals surface area contributed by atoms with Gasteiger partial charge in [0.05, 0.1) is 23.8 Å². The van der Waals surface area contributed by atoms with E-state index in [9.17, 15) is 0 Å². The van der Waals surface area contributed by atoms with Crippen LogP contribution >= 0.6 is 0 Å². The number of hydrogen-bond donors (Lipinski definition) is 2. The second-order valence-corrected chi connectivity index (χ2v) is 5.80. The van der Waals surface area contributed by atoms with Crippen molar-refractivity contribution >= 4 is 11.4 Å². The van der Waals surface area contributed by atoms with Crippen molar-refractivity contribution in [3.05, 3.63) is 18.5 Å². The summed E-state index contributed by atoms with van der Waals surface area (Å²) >= 11 is 0. The van der Waals surface area contributed by atoms with E-state index >= 15 is 0 Å². The quantitative estimate of drug-likeness (QED) is 0.802. The molecule has 2 N–H and O–H groups in total. The summed E-state index contributed by atoms with van der Waals surface area (Å²) in [4.78, 5) is 6.86. The van der Waals surface area contributed by atoms with Gasteiger partial charge in [-0.15, -0.1) is 0 Å². The highest BCUT2D eigenvalue weighted by Gasteiger charge is 2.13. The second-order valence-electron chi connectivity index (χ2n) is 5.80. The zero-order valence-corrected chi connectivity index (χ0v) is 12.9. The number of rotatable bonds is 7. The smallest absolute Gasteiger partial charge is 0.0549 e. The van der Waals surface area contributed by atoms with Crippen molar-refractivity contribution < 1.29 is 0 Å². The molecule has 1 saturated heterocycles. The van der Waals surface area contributed by atoms with Gasteiger partial charge in [0, 0.05) is 19.1 Å². The minimum atomic E-state index is 0.455. The fourth-order valence-electron chi connectivity index (χ4n) is 2.74. The van der Waals surface area contributed by atoms with Gasteiger partial charge in [-0.05, 0) is 45.3 Å². The molecule has 2 heterocycles. The van der Waals surface area contributed by atoms with Gasteiger partial charge in [0.25, 0.3) is 0 Å². The van der Waals surface area contributed by atoms with Crippen LogP contribution in [0.2, 0.25) is 0 Å². The predicted molar refractivity (Wildman–Crippen MR) is 86.4 cm³/mol. The van der Waals surface area contributed by atoms with Gasteiger partial charge in [-0.1, -0.05) is 13.3 Å². The number of nitrogens with zero attached hydrogens (tertiary/aromatic N) is 2. The van der Waals surface area contributed by atoms with Crippen molar-refractivity contribution in [3.8, 4) is 0 Å². The molecule has 1 aliphatic heterocycles. The molecule has 2 rings (SSSR count). The molecule has 1 aromatic heterocycles. The van der Waals surface area contributed by atoms with Gasteiger partial charge >= 0.3 is 0 Å². The Morgan fingerprint density at radius 2 is 1.95 bits per heavy atom. The summed E-state index contributed by atoms with van der Waals surface area (Å²) in [5.74, 6) is 0. The maximum Gasteiger partial charge on any atom is 0.0549 e. The lowest BCUT2D eigenvalue weighted by Gasteiger charge is -2.29. The number of aromatic nitrogens is 1. The number of anilines is 2. The van der Waals surface area contributed by atoms with E-state index in [1.807, 2.05) is 12.4 Å². The van der Waals surface area contributed by atoms with Crippen LogP contribution < -0.4 is 10.6 Å². The third-order valence-corrected chi connectivity index (χ3v) is 3.71. The van der Waals surface area contributed by atoms with Crippen LogP contribution in [0.1, 0.15) is 39.5 Å². The summed E-state index contributed by atoms with van der Waals surface area (Å²) in [7, 11) is 0. The Morgan fingerprint density at radius 1 is 1.20 bits per heavy atom. The molecule has 0 bridgehead atoms. The number of piperidine rings is 1. The average molecular weight is 276 g/mol. The molecule has 1 aromatic rings. The van der Waals surface area contributed by atoms with Gasteiger partial charge < -0.3 is 15.5 Å². The molecule has 0 radical (unpaired) electrons. The molecule has 4 heteroatoms. The van der Waals surface area contributed by atoms with Gasteiger partial charge in [-0.25, -0.2) is 0 Å². The maximum atomic E-state index is 4.30. The molecule has 1 fully saturated rings. The zero-order chi connectivity index (χ0) is 14.2. The van der Waals surface area contributed by atoms with Gasteiger partial charge in [0.1, 0.15) is 0 Å². The fraction of sp³-hybridized carbons (Fsp3) is 0.688. The van der Waals surface area contributed by atoms with Crippen LogP contribution in [-0.4, -0.2) is 42.1 Å². The number of hydrogen-bond acceptors (Lipinski definition) is 4. The van der Waals surface area contributed by atoms with E-state index in [4.69, 9.17) is 0 Å². The van der Waals surface area contributed by atoms with Gasteiger partial charge in [-0.2, -0.15) is 0 Å². The van der Waals surface area contributed by atoms with Crippen molar-refractivity contribution in [3.63, 3.8) is 0 Å². The Kier molecular flexibility index (Phi) is 6.12. The van der Waals surface area contributed by atoms with E-state index in [1.165, 1.54) is 32.4 Å². The average Bonchev–Trinajstić information content (AvgIpc) is 2.46. The van der Waals surface area contributed by atoms with E-state index < -0.39 is 0 Å². The molecule has 0 spiro atoms.